The van der Waals surface area contributed by atoms with E-state index < -0.39 is 0 Å². The number of hydrogen-bond acceptors (Lipinski definition) is 2. The van der Waals surface area contributed by atoms with E-state index in [1.807, 2.05) is 11.8 Å². The van der Waals surface area contributed by atoms with Gasteiger partial charge in [0.1, 0.15) is 0 Å². The molecule has 1 aliphatic carbocycles. The van der Waals surface area contributed by atoms with Crippen molar-refractivity contribution in [2.45, 2.75) is 37.0 Å². The Morgan fingerprint density at radius 1 is 1.10 bits per heavy atom. The van der Waals surface area contributed by atoms with E-state index in [1.165, 1.54) is 77.8 Å². The van der Waals surface area contributed by atoms with Gasteiger partial charge in [-0.15, -0.1) is 11.8 Å². The van der Waals surface area contributed by atoms with E-state index >= 15 is 0 Å². The van der Waals surface area contributed by atoms with Gasteiger partial charge in [-0.05, 0) is 85.7 Å². The topological polar surface area (TPSA) is 19.0 Å². The minimum Gasteiger partial charge on any atom is -0.358 e. The third kappa shape index (κ3) is 4.04. The molecule has 5 rings (SSSR count). The van der Waals surface area contributed by atoms with Gasteiger partial charge in [0.2, 0.25) is 0 Å². The normalized spacial score (nSPS) is 19.9. The van der Waals surface area contributed by atoms with Crippen LogP contribution in [0.5, 0.6) is 0 Å². The fourth-order valence-corrected chi connectivity index (χ4v) is 5.48. The van der Waals surface area contributed by atoms with Gasteiger partial charge in [0.05, 0.1) is 0 Å². The maximum absolute atomic E-state index is 3.69. The Kier molecular flexibility index (Phi) is 5.52. The maximum Gasteiger partial charge on any atom is 0.0459 e. The van der Waals surface area contributed by atoms with E-state index in [4.69, 9.17) is 0 Å². The molecule has 1 aromatic heterocycles. The summed E-state index contributed by atoms with van der Waals surface area (Å²) in [6, 6.07) is 17.8. The molecule has 0 radical (unpaired) electrons. The van der Waals surface area contributed by atoms with Crippen molar-refractivity contribution in [2.24, 2.45) is 5.92 Å². The average Bonchev–Trinajstić information content (AvgIpc) is 3.15. The first-order valence-corrected chi connectivity index (χ1v) is 12.2. The van der Waals surface area contributed by atoms with Crippen molar-refractivity contribution in [3.8, 4) is 0 Å². The summed E-state index contributed by atoms with van der Waals surface area (Å²) < 4.78 is 0. The summed E-state index contributed by atoms with van der Waals surface area (Å²) in [5.41, 5.74) is 7.33. The van der Waals surface area contributed by atoms with E-state index in [-0.39, 0.29) is 0 Å². The first-order chi connectivity index (χ1) is 14.3. The molecule has 2 nitrogen and oxygen atoms in total. The lowest BCUT2D eigenvalue weighted by atomic mass is 9.84. The predicted octanol–water partition coefficient (Wildman–Crippen LogP) is 6.17. The number of aromatic amines is 1. The fraction of sp³-hybridized carbons (Fsp3) is 0.385. The molecule has 2 aliphatic rings. The van der Waals surface area contributed by atoms with Crippen LogP contribution in [0.4, 0.5) is 0 Å². The number of thioether (sulfide) groups is 1. The van der Waals surface area contributed by atoms with Crippen molar-refractivity contribution in [1.82, 2.24) is 9.88 Å². The molecule has 1 aliphatic heterocycles. The second-order valence-electron chi connectivity index (χ2n) is 8.54. The Balaban J connectivity index is 1.21. The molecule has 29 heavy (non-hydrogen) atoms. The van der Waals surface area contributed by atoms with Crippen LogP contribution in [0.1, 0.15) is 36.1 Å². The van der Waals surface area contributed by atoms with Crippen LogP contribution in [0, 0.1) is 5.92 Å². The van der Waals surface area contributed by atoms with Gasteiger partial charge in [-0.25, -0.2) is 0 Å². The summed E-state index contributed by atoms with van der Waals surface area (Å²) in [6.45, 7) is 3.53. The molecule has 0 fully saturated rings. The highest BCUT2D eigenvalue weighted by atomic mass is 32.2. The number of benzene rings is 2. The van der Waals surface area contributed by atoms with E-state index in [1.54, 1.807) is 5.56 Å². The molecule has 2 heterocycles. The molecule has 3 heteroatoms. The average molecular weight is 403 g/mol. The van der Waals surface area contributed by atoms with Crippen LogP contribution < -0.4 is 0 Å². The van der Waals surface area contributed by atoms with E-state index in [2.05, 4.69) is 70.7 Å². The molecule has 150 valence electrons. The summed E-state index contributed by atoms with van der Waals surface area (Å²) in [5, 5.41) is 1.46. The van der Waals surface area contributed by atoms with Crippen LogP contribution in [0.25, 0.3) is 16.5 Å². The quantitative estimate of drug-likeness (QED) is 0.514. The molecule has 0 saturated heterocycles. The highest BCUT2D eigenvalue weighted by Crippen LogP contribution is 2.35. The van der Waals surface area contributed by atoms with Gasteiger partial charge in [-0.3, -0.25) is 4.90 Å². The number of H-pyrrole nitrogens is 1. The van der Waals surface area contributed by atoms with Gasteiger partial charge < -0.3 is 4.98 Å². The molecule has 0 bridgehead atoms. The Bertz CT molecular complexity index is 1020. The molecule has 1 unspecified atom stereocenters. The van der Waals surface area contributed by atoms with Gasteiger partial charge in [0.15, 0.2) is 0 Å². The highest BCUT2D eigenvalue weighted by Gasteiger charge is 2.23. The van der Waals surface area contributed by atoms with Gasteiger partial charge in [-0.2, -0.15) is 0 Å². The summed E-state index contributed by atoms with van der Waals surface area (Å²) in [4.78, 5) is 7.70. The fourth-order valence-electron chi connectivity index (χ4n) is 5.04. The van der Waals surface area contributed by atoms with Crippen molar-refractivity contribution in [3.05, 3.63) is 71.4 Å². The Morgan fingerprint density at radius 2 is 2.00 bits per heavy atom. The number of nitrogens with one attached hydrogen (secondary N) is 1. The summed E-state index contributed by atoms with van der Waals surface area (Å²) in [6.07, 6.45) is 10.9. The van der Waals surface area contributed by atoms with Crippen LogP contribution >= 0.6 is 11.8 Å². The van der Waals surface area contributed by atoms with Crippen LogP contribution in [0.3, 0.4) is 0 Å². The van der Waals surface area contributed by atoms with Crippen molar-refractivity contribution in [3.63, 3.8) is 0 Å². The minimum absolute atomic E-state index is 0.818. The van der Waals surface area contributed by atoms with Crippen molar-refractivity contribution in [2.75, 3.05) is 25.9 Å². The molecule has 0 spiro atoms. The van der Waals surface area contributed by atoms with Crippen molar-refractivity contribution >= 4 is 28.2 Å². The van der Waals surface area contributed by atoms with Gasteiger partial charge >= 0.3 is 0 Å². The largest absolute Gasteiger partial charge is 0.358 e. The zero-order chi connectivity index (χ0) is 19.6. The number of hydrogen-bond donors (Lipinski definition) is 1. The Hall–Kier alpha value is -1.97. The second kappa shape index (κ2) is 8.41. The molecule has 1 atom stereocenters. The number of nitrogens with zero attached hydrogens (tertiary/aromatic N) is 1. The standard InChI is InChI=1S/C26H30N2S/c1-29-22-8-10-26-24(18-22)23-17-19(7-9-25(23)27-26)11-14-28-15-12-21(13-16-28)20-5-3-2-4-6-20/h2-6,8,10,12,18-19,27H,7,9,11,13-17H2,1H3. The minimum atomic E-state index is 0.818. The maximum atomic E-state index is 3.69. The Morgan fingerprint density at radius 3 is 2.79 bits per heavy atom. The van der Waals surface area contributed by atoms with E-state index in [9.17, 15) is 0 Å². The first-order valence-electron chi connectivity index (χ1n) is 10.9. The number of rotatable bonds is 5. The molecule has 0 saturated carbocycles. The van der Waals surface area contributed by atoms with Gasteiger partial charge in [0, 0.05) is 34.6 Å². The van der Waals surface area contributed by atoms with Crippen molar-refractivity contribution in [1.29, 1.82) is 0 Å². The lowest BCUT2D eigenvalue weighted by Crippen LogP contribution is -2.31. The number of fused-ring (bicyclic) bond motifs is 3. The van der Waals surface area contributed by atoms with Crippen LogP contribution in [0.2, 0.25) is 0 Å². The third-order valence-corrected chi connectivity index (χ3v) is 7.51. The molecular formula is C26H30N2S. The summed E-state index contributed by atoms with van der Waals surface area (Å²) >= 11 is 1.84. The van der Waals surface area contributed by atoms with Crippen molar-refractivity contribution < 1.29 is 0 Å². The lowest BCUT2D eigenvalue weighted by Gasteiger charge is -2.29. The molecule has 0 amide bonds. The van der Waals surface area contributed by atoms with E-state index in [0.717, 1.165) is 12.5 Å². The van der Waals surface area contributed by atoms with Crippen LogP contribution in [0.15, 0.2) is 59.5 Å². The smallest absolute Gasteiger partial charge is 0.0459 e. The monoisotopic (exact) mass is 402 g/mol. The van der Waals surface area contributed by atoms with Crippen LogP contribution in [-0.2, 0) is 12.8 Å². The number of aromatic nitrogens is 1. The highest BCUT2D eigenvalue weighted by molar-refractivity contribution is 7.98. The molecule has 2 aromatic carbocycles. The van der Waals surface area contributed by atoms with Crippen LogP contribution in [-0.4, -0.2) is 35.8 Å². The Labute approximate surface area is 178 Å². The zero-order valence-electron chi connectivity index (χ0n) is 17.3. The second-order valence-corrected chi connectivity index (χ2v) is 9.42. The van der Waals surface area contributed by atoms with E-state index in [0.29, 0.717) is 0 Å². The summed E-state index contributed by atoms with van der Waals surface area (Å²) in [7, 11) is 0. The lowest BCUT2D eigenvalue weighted by molar-refractivity contribution is 0.265. The van der Waals surface area contributed by atoms with Gasteiger partial charge in [-0.1, -0.05) is 36.4 Å². The predicted molar refractivity (Wildman–Crippen MR) is 126 cm³/mol. The first kappa shape index (κ1) is 19.0. The third-order valence-electron chi connectivity index (χ3n) is 6.79. The SMILES string of the molecule is CSc1ccc2[nH]c3c(c2c1)CC(CCN1CC=C(c2ccccc2)CC1)CC3. The molecule has 1 N–H and O–H groups in total. The number of aryl methyl sites for hydroxylation is 1. The van der Waals surface area contributed by atoms with Gasteiger partial charge in [0.25, 0.3) is 0 Å². The molecular weight excluding hydrogens is 372 g/mol. The molecule has 3 aromatic rings. The zero-order valence-corrected chi connectivity index (χ0v) is 18.1. The summed E-state index contributed by atoms with van der Waals surface area (Å²) in [5.74, 6) is 0.818.